The molecule has 2 aliphatic rings. The molecule has 4 rings (SSSR count). The molecule has 1 amide bonds. The summed E-state index contributed by atoms with van der Waals surface area (Å²) in [6, 6.07) is 15.4. The zero-order chi connectivity index (χ0) is 26.7. The number of hydrogen-bond acceptors (Lipinski definition) is 7. The van der Waals surface area contributed by atoms with Crippen LogP contribution in [0.4, 0.5) is 5.69 Å². The lowest BCUT2D eigenvalue weighted by Crippen LogP contribution is -2.44. The number of morpholine rings is 1. The quantitative estimate of drug-likeness (QED) is 0.355. The Balaban J connectivity index is 1.41. The Morgan fingerprint density at radius 1 is 0.947 bits per heavy atom. The number of hydrogen-bond donors (Lipinski definition) is 3. The van der Waals surface area contributed by atoms with E-state index in [0.29, 0.717) is 37.8 Å². The van der Waals surface area contributed by atoms with Crippen molar-refractivity contribution in [3.05, 3.63) is 65.2 Å². The third-order valence-corrected chi connectivity index (χ3v) is 6.92. The summed E-state index contributed by atoms with van der Waals surface area (Å²) in [6.07, 6.45) is 2.30. The molecule has 2 aliphatic heterocycles. The molecule has 2 saturated heterocycles. The van der Waals surface area contributed by atoms with Crippen molar-refractivity contribution in [1.29, 1.82) is 0 Å². The topological polar surface area (TPSA) is 118 Å². The van der Waals surface area contributed by atoms with Gasteiger partial charge in [0, 0.05) is 50.1 Å². The second-order valence-electron chi connectivity index (χ2n) is 9.89. The lowest BCUT2D eigenvalue weighted by Gasteiger charge is -2.39. The first-order valence-electron chi connectivity index (χ1n) is 13.4. The summed E-state index contributed by atoms with van der Waals surface area (Å²) in [5.74, 6) is -0.912. The van der Waals surface area contributed by atoms with Crippen molar-refractivity contribution in [3.63, 3.8) is 0 Å². The normalized spacial score (nSPS) is 22.2. The van der Waals surface area contributed by atoms with Crippen LogP contribution in [-0.2, 0) is 30.4 Å². The van der Waals surface area contributed by atoms with Gasteiger partial charge in [-0.2, -0.15) is 0 Å². The lowest BCUT2D eigenvalue weighted by atomic mass is 9.99. The van der Waals surface area contributed by atoms with Gasteiger partial charge in [0.1, 0.15) is 0 Å². The van der Waals surface area contributed by atoms with Gasteiger partial charge in [-0.05, 0) is 36.1 Å². The number of carbonyl (C=O) groups is 2. The van der Waals surface area contributed by atoms with E-state index < -0.39 is 12.3 Å². The molecule has 206 valence electrons. The molecule has 0 aromatic heterocycles. The number of unbranched alkanes of at least 4 members (excludes halogenated alkanes) is 2. The summed E-state index contributed by atoms with van der Waals surface area (Å²) in [5.41, 5.74) is 3.39. The number of aliphatic hydroxyl groups excluding tert-OH is 1. The molecular formula is C29H38N2O7. The minimum absolute atomic E-state index is 0.00194. The molecule has 0 spiro atoms. The number of benzene rings is 2. The summed E-state index contributed by atoms with van der Waals surface area (Å²) in [4.78, 5) is 25.4. The number of rotatable bonds is 12. The third kappa shape index (κ3) is 8.61. The first-order chi connectivity index (χ1) is 18.5. The maximum Gasteiger partial charge on any atom is 0.303 e. The number of aliphatic carboxylic acids is 1. The highest BCUT2D eigenvalue weighted by Gasteiger charge is 2.33. The number of carboxylic acids is 1. The van der Waals surface area contributed by atoms with Gasteiger partial charge >= 0.3 is 5.97 Å². The fraction of sp³-hybridized carbons (Fsp3) is 0.517. The van der Waals surface area contributed by atoms with E-state index in [1.165, 1.54) is 0 Å². The van der Waals surface area contributed by atoms with E-state index in [1.54, 1.807) is 0 Å². The number of carbonyl (C=O) groups excluding carboxylic acids is 1. The second-order valence-corrected chi connectivity index (χ2v) is 9.89. The van der Waals surface area contributed by atoms with Gasteiger partial charge in [0.15, 0.2) is 6.29 Å². The SMILES string of the molecule is O=C(O)CCCCCC(=O)Nc1cccc([C@H]2O[C@@H](CN3CCOCC3)C[C@@H](c3ccc(CO)cc3)O2)c1. The Morgan fingerprint density at radius 3 is 2.45 bits per heavy atom. The molecule has 0 bridgehead atoms. The van der Waals surface area contributed by atoms with Crippen LogP contribution >= 0.6 is 0 Å². The van der Waals surface area contributed by atoms with Crippen LogP contribution in [0.1, 0.15) is 67.6 Å². The van der Waals surface area contributed by atoms with Gasteiger partial charge in [-0.25, -0.2) is 0 Å². The molecule has 38 heavy (non-hydrogen) atoms. The molecule has 0 aliphatic carbocycles. The molecule has 2 aromatic rings. The fourth-order valence-corrected chi connectivity index (χ4v) is 4.83. The minimum Gasteiger partial charge on any atom is -0.481 e. The molecule has 0 radical (unpaired) electrons. The largest absolute Gasteiger partial charge is 0.481 e. The zero-order valence-corrected chi connectivity index (χ0v) is 21.7. The highest BCUT2D eigenvalue weighted by atomic mass is 16.7. The van der Waals surface area contributed by atoms with Crippen LogP contribution < -0.4 is 5.32 Å². The van der Waals surface area contributed by atoms with Crippen LogP contribution in [0.3, 0.4) is 0 Å². The number of ether oxygens (including phenoxy) is 3. The maximum absolute atomic E-state index is 12.4. The van der Waals surface area contributed by atoms with Crippen LogP contribution in [0, 0.1) is 0 Å². The average Bonchev–Trinajstić information content (AvgIpc) is 2.93. The summed E-state index contributed by atoms with van der Waals surface area (Å²) in [7, 11) is 0. The Morgan fingerprint density at radius 2 is 1.71 bits per heavy atom. The van der Waals surface area contributed by atoms with Crippen LogP contribution in [0.15, 0.2) is 48.5 Å². The van der Waals surface area contributed by atoms with E-state index in [1.807, 2.05) is 48.5 Å². The van der Waals surface area contributed by atoms with Crippen molar-refractivity contribution >= 4 is 17.6 Å². The molecule has 9 heteroatoms. The predicted octanol–water partition coefficient (Wildman–Crippen LogP) is 4.03. The number of carboxylic acid groups (broad SMARTS) is 1. The van der Waals surface area contributed by atoms with E-state index in [9.17, 15) is 14.7 Å². The summed E-state index contributed by atoms with van der Waals surface area (Å²) >= 11 is 0. The first kappa shape index (κ1) is 28.2. The van der Waals surface area contributed by atoms with Crippen LogP contribution in [0.2, 0.25) is 0 Å². The van der Waals surface area contributed by atoms with E-state index >= 15 is 0 Å². The number of aliphatic hydroxyl groups is 1. The molecule has 9 nitrogen and oxygen atoms in total. The van der Waals surface area contributed by atoms with Crippen molar-refractivity contribution in [2.45, 2.75) is 63.6 Å². The third-order valence-electron chi connectivity index (χ3n) is 6.92. The standard InChI is InChI=1S/C29H38N2O7/c32-20-21-9-11-22(12-10-21)26-18-25(19-31-13-15-36-16-14-31)37-29(38-26)23-5-4-6-24(17-23)30-27(33)7-2-1-3-8-28(34)35/h4-6,9-12,17,25-26,29,32H,1-3,7-8,13-16,18-20H2,(H,30,33)(H,34,35)/t25-,26+,29+/m1/s1. The molecule has 2 aromatic carbocycles. The van der Waals surface area contributed by atoms with E-state index in [-0.39, 0.29) is 31.1 Å². The van der Waals surface area contributed by atoms with Crippen molar-refractivity contribution in [2.24, 2.45) is 0 Å². The molecule has 0 saturated carbocycles. The first-order valence-corrected chi connectivity index (χ1v) is 13.4. The molecule has 3 N–H and O–H groups in total. The highest BCUT2D eigenvalue weighted by molar-refractivity contribution is 5.90. The zero-order valence-electron chi connectivity index (χ0n) is 21.7. The smallest absolute Gasteiger partial charge is 0.303 e. The van der Waals surface area contributed by atoms with E-state index in [2.05, 4.69) is 10.2 Å². The Hall–Kier alpha value is -2.82. The molecule has 2 fully saturated rings. The van der Waals surface area contributed by atoms with Gasteiger partial charge in [0.25, 0.3) is 0 Å². The van der Waals surface area contributed by atoms with Crippen molar-refractivity contribution in [3.8, 4) is 0 Å². The van der Waals surface area contributed by atoms with E-state index in [4.69, 9.17) is 19.3 Å². The average molecular weight is 527 g/mol. The summed E-state index contributed by atoms with van der Waals surface area (Å²) < 4.78 is 18.4. The number of nitrogens with zero attached hydrogens (tertiary/aromatic N) is 1. The van der Waals surface area contributed by atoms with Gasteiger partial charge in [-0.15, -0.1) is 0 Å². The van der Waals surface area contributed by atoms with Gasteiger partial charge < -0.3 is 29.7 Å². The Bertz CT molecular complexity index is 1040. The monoisotopic (exact) mass is 526 g/mol. The van der Waals surface area contributed by atoms with E-state index in [0.717, 1.165) is 49.5 Å². The molecule has 3 atom stereocenters. The van der Waals surface area contributed by atoms with Crippen LogP contribution in [0.25, 0.3) is 0 Å². The van der Waals surface area contributed by atoms with Crippen molar-refractivity contribution in [2.75, 3.05) is 38.2 Å². The lowest BCUT2D eigenvalue weighted by molar-refractivity contribution is -0.253. The molecule has 0 unspecified atom stereocenters. The van der Waals surface area contributed by atoms with Gasteiger partial charge in [-0.1, -0.05) is 42.8 Å². The van der Waals surface area contributed by atoms with Crippen LogP contribution in [-0.4, -0.2) is 65.9 Å². The van der Waals surface area contributed by atoms with Crippen LogP contribution in [0.5, 0.6) is 0 Å². The number of nitrogens with one attached hydrogen (secondary N) is 1. The maximum atomic E-state index is 12.4. The van der Waals surface area contributed by atoms with Gasteiger partial charge in [0.2, 0.25) is 5.91 Å². The Labute approximate surface area is 223 Å². The highest BCUT2D eigenvalue weighted by Crippen LogP contribution is 2.38. The van der Waals surface area contributed by atoms with Crippen molar-refractivity contribution in [1.82, 2.24) is 4.90 Å². The summed E-state index contributed by atoms with van der Waals surface area (Å²) in [5, 5.41) is 21.1. The Kier molecular flexibility index (Phi) is 10.7. The minimum atomic E-state index is -0.810. The molecule has 2 heterocycles. The number of anilines is 1. The van der Waals surface area contributed by atoms with Gasteiger partial charge in [-0.3, -0.25) is 14.5 Å². The second kappa shape index (κ2) is 14.4. The van der Waals surface area contributed by atoms with Gasteiger partial charge in [0.05, 0.1) is 32.0 Å². The summed E-state index contributed by atoms with van der Waals surface area (Å²) in [6.45, 7) is 3.98. The predicted molar refractivity (Wildman–Crippen MR) is 141 cm³/mol. The fourth-order valence-electron chi connectivity index (χ4n) is 4.83. The number of amides is 1. The van der Waals surface area contributed by atoms with Crippen molar-refractivity contribution < 1.29 is 34.0 Å². The molecular weight excluding hydrogens is 488 g/mol.